The predicted molar refractivity (Wildman–Crippen MR) is 208 cm³/mol. The molecule has 0 amide bonds. The number of nitrogens with zero attached hydrogens (tertiary/aromatic N) is 2. The van der Waals surface area contributed by atoms with Gasteiger partial charge < -0.3 is 9.52 Å². The number of benzene rings is 2. The summed E-state index contributed by atoms with van der Waals surface area (Å²) in [4.78, 5) is 21.3. The number of aliphatic hydroxyl groups is 1. The van der Waals surface area contributed by atoms with E-state index in [1.165, 1.54) is 39.4 Å². The first-order chi connectivity index (χ1) is 23.9. The zero-order valence-corrected chi connectivity index (χ0v) is 34.3. The second-order valence-electron chi connectivity index (χ2n) is 15.2. The molecule has 5 aromatic rings. The van der Waals surface area contributed by atoms with Crippen LogP contribution in [0.3, 0.4) is 0 Å². The van der Waals surface area contributed by atoms with Crippen LogP contribution in [0.15, 0.2) is 71.1 Å². The molecule has 0 unspecified atom stereocenters. The molecule has 3 aromatic heterocycles. The number of pyridine rings is 2. The van der Waals surface area contributed by atoms with Crippen molar-refractivity contribution in [1.29, 1.82) is 0 Å². The van der Waals surface area contributed by atoms with Crippen LogP contribution in [0, 0.1) is 23.8 Å². The van der Waals surface area contributed by atoms with Gasteiger partial charge in [0.2, 0.25) is 0 Å². The fourth-order valence-electron chi connectivity index (χ4n) is 7.34. The summed E-state index contributed by atoms with van der Waals surface area (Å²) in [6.07, 6.45) is 11.6. The monoisotopic (exact) mass is 864 g/mol. The Labute approximate surface area is 318 Å². The van der Waals surface area contributed by atoms with Gasteiger partial charge in [0, 0.05) is 79.2 Å². The molecule has 3 heterocycles. The van der Waals surface area contributed by atoms with Crippen LogP contribution in [0.2, 0.25) is 0 Å². The molecule has 51 heavy (non-hydrogen) atoms. The molecule has 1 aliphatic carbocycles. The molecule has 0 aliphatic heterocycles. The maximum absolute atomic E-state index is 11.7. The van der Waals surface area contributed by atoms with Gasteiger partial charge in [-0.2, -0.15) is 0 Å². The number of aromatic nitrogens is 2. The topological polar surface area (TPSA) is 76.2 Å². The molecule has 0 fully saturated rings. The van der Waals surface area contributed by atoms with Crippen LogP contribution in [-0.4, -0.2) is 20.9 Å². The molecular formula is C45H55IrN2O3-. The number of hydrogen-bond donors (Lipinski definition) is 1. The van der Waals surface area contributed by atoms with Crippen molar-refractivity contribution in [2.75, 3.05) is 0 Å². The van der Waals surface area contributed by atoms with Crippen LogP contribution >= 0.6 is 0 Å². The fourth-order valence-corrected chi connectivity index (χ4v) is 7.34. The van der Waals surface area contributed by atoms with E-state index in [-0.39, 0.29) is 48.9 Å². The molecular weight excluding hydrogens is 809 g/mol. The van der Waals surface area contributed by atoms with Crippen LogP contribution in [0.5, 0.6) is 0 Å². The molecule has 1 aliphatic rings. The summed E-state index contributed by atoms with van der Waals surface area (Å²) >= 11 is 0. The Kier molecular flexibility index (Phi) is 13.6. The number of furan rings is 1. The van der Waals surface area contributed by atoms with Gasteiger partial charge in [-0.3, -0.25) is 14.8 Å². The molecule has 0 saturated carbocycles. The number of hydrogen-bond acceptors (Lipinski definition) is 5. The smallest absolute Gasteiger partial charge is 0.162 e. The molecule has 0 bridgehead atoms. The van der Waals surface area contributed by atoms with E-state index in [9.17, 15) is 9.90 Å². The third-order valence-corrected chi connectivity index (χ3v) is 10.2. The number of ketones is 1. The maximum Gasteiger partial charge on any atom is 0.162 e. The van der Waals surface area contributed by atoms with Gasteiger partial charge in [0.25, 0.3) is 0 Å². The predicted octanol–water partition coefficient (Wildman–Crippen LogP) is 12.0. The second kappa shape index (κ2) is 17.3. The Morgan fingerprint density at radius 2 is 1.59 bits per heavy atom. The molecule has 6 rings (SSSR count). The average molecular weight is 864 g/mol. The SMILES string of the molecule is CC(C)Cc1nccc2c1CCc1oc3c(-c4[c-]c5ccccc5c(C(C)(C)C)c4)nccc3c1-2.CCC(CC)C(=O)/C=C(\O)C(CC)CC.[Ir]. The van der Waals surface area contributed by atoms with Crippen molar-refractivity contribution in [2.45, 2.75) is 113 Å². The standard InChI is InChI=1S/C32H31N2O.C13H24O2.Ir/c1-19(2)16-27-23-10-11-28-29(24(23)12-14-33-27)25-13-15-34-30(31(25)35-28)21-17-20-8-6-7-9-22(20)26(18-21)32(3,4)5;1-5-10(6-2)12(14)9-13(15)11(7-3)8-4;/h6-9,12-15,18-19H,10-11,16H2,1-5H3;9-11,14H,5-8H2,1-4H3;/q-1;;/b;12-9-;. The first-order valence-corrected chi connectivity index (χ1v) is 18.7. The van der Waals surface area contributed by atoms with E-state index < -0.39 is 0 Å². The summed E-state index contributed by atoms with van der Waals surface area (Å²) < 4.78 is 6.59. The fraction of sp³-hybridized carbons (Fsp3) is 0.444. The summed E-state index contributed by atoms with van der Waals surface area (Å²) in [5.41, 5.74) is 9.10. The van der Waals surface area contributed by atoms with Crippen LogP contribution in [0.4, 0.5) is 0 Å². The number of carbonyl (C=O) groups is 1. The molecule has 273 valence electrons. The summed E-state index contributed by atoms with van der Waals surface area (Å²) in [5.74, 6) is 2.18. The van der Waals surface area contributed by atoms with Crippen molar-refractivity contribution in [3.05, 3.63) is 95.3 Å². The van der Waals surface area contributed by atoms with Crippen molar-refractivity contribution in [3.8, 4) is 22.4 Å². The van der Waals surface area contributed by atoms with E-state index in [1.54, 1.807) is 0 Å². The quantitative estimate of drug-likeness (QED) is 0.0860. The van der Waals surface area contributed by atoms with Gasteiger partial charge in [-0.15, -0.1) is 29.1 Å². The number of fused-ring (bicyclic) bond motifs is 6. The Bertz CT molecular complexity index is 1990. The molecule has 0 saturated heterocycles. The van der Waals surface area contributed by atoms with Crippen molar-refractivity contribution in [3.63, 3.8) is 0 Å². The van der Waals surface area contributed by atoms with Crippen LogP contribution in [0.25, 0.3) is 44.1 Å². The number of aliphatic hydroxyl groups excluding tert-OH is 1. The van der Waals surface area contributed by atoms with E-state index in [1.807, 2.05) is 40.1 Å². The van der Waals surface area contributed by atoms with E-state index in [0.717, 1.165) is 78.3 Å². The van der Waals surface area contributed by atoms with Gasteiger partial charge >= 0.3 is 0 Å². The van der Waals surface area contributed by atoms with E-state index in [4.69, 9.17) is 14.4 Å². The third-order valence-electron chi connectivity index (χ3n) is 10.2. The van der Waals surface area contributed by atoms with Crippen LogP contribution in [-0.2, 0) is 49.6 Å². The number of aryl methyl sites for hydroxylation is 1. The minimum Gasteiger partial charge on any atom is -0.512 e. The van der Waals surface area contributed by atoms with Gasteiger partial charge in [0.05, 0.1) is 5.76 Å². The van der Waals surface area contributed by atoms with Crippen molar-refractivity contribution < 1.29 is 34.4 Å². The van der Waals surface area contributed by atoms with E-state index in [2.05, 4.69) is 83.1 Å². The number of carbonyl (C=O) groups excluding carboxylic acids is 1. The average Bonchev–Trinajstić information content (AvgIpc) is 3.48. The minimum atomic E-state index is -0.00148. The number of rotatable bonds is 10. The van der Waals surface area contributed by atoms with E-state index in [0.29, 0.717) is 5.92 Å². The Balaban J connectivity index is 0.000000312. The van der Waals surface area contributed by atoms with Crippen molar-refractivity contribution in [2.24, 2.45) is 17.8 Å². The summed E-state index contributed by atoms with van der Waals surface area (Å²) in [7, 11) is 0. The van der Waals surface area contributed by atoms with Gasteiger partial charge in [0.15, 0.2) is 5.78 Å². The van der Waals surface area contributed by atoms with Gasteiger partial charge in [-0.05, 0) is 73.1 Å². The maximum atomic E-state index is 11.7. The Hall–Kier alpha value is -3.60. The van der Waals surface area contributed by atoms with Crippen LogP contribution in [0.1, 0.15) is 111 Å². The second-order valence-corrected chi connectivity index (χ2v) is 15.2. The largest absolute Gasteiger partial charge is 0.512 e. The molecule has 2 aromatic carbocycles. The zero-order valence-electron chi connectivity index (χ0n) is 31.9. The summed E-state index contributed by atoms with van der Waals surface area (Å²) in [6, 6.07) is 18.7. The van der Waals surface area contributed by atoms with Gasteiger partial charge in [0.1, 0.15) is 11.3 Å². The van der Waals surface area contributed by atoms with Gasteiger partial charge in [-0.25, -0.2) is 0 Å². The first-order valence-electron chi connectivity index (χ1n) is 18.7. The van der Waals surface area contributed by atoms with Crippen molar-refractivity contribution in [1.82, 2.24) is 9.97 Å². The van der Waals surface area contributed by atoms with Gasteiger partial charge in [-0.1, -0.05) is 91.5 Å². The van der Waals surface area contributed by atoms with E-state index >= 15 is 0 Å². The third kappa shape index (κ3) is 8.72. The summed E-state index contributed by atoms with van der Waals surface area (Å²) in [6.45, 7) is 19.4. The Morgan fingerprint density at radius 3 is 2.24 bits per heavy atom. The Morgan fingerprint density at radius 1 is 0.922 bits per heavy atom. The van der Waals surface area contributed by atoms with Crippen molar-refractivity contribution >= 4 is 27.5 Å². The molecule has 6 heteroatoms. The normalized spacial score (nSPS) is 12.9. The molecule has 0 spiro atoms. The molecule has 5 nitrogen and oxygen atoms in total. The molecule has 1 radical (unpaired) electrons. The molecule has 0 atom stereocenters. The summed E-state index contributed by atoms with van der Waals surface area (Å²) in [5, 5.41) is 13.2. The first kappa shape index (κ1) is 40.2. The number of allylic oxidation sites excluding steroid dienone is 2. The zero-order chi connectivity index (χ0) is 36.2. The van der Waals surface area contributed by atoms with Crippen LogP contribution < -0.4 is 0 Å². The minimum absolute atomic E-state index is 0. The molecule has 1 N–H and O–H groups in total.